The smallest absolute Gasteiger partial charge is 0.391 e. The van der Waals surface area contributed by atoms with Crippen LogP contribution in [-0.2, 0) is 0 Å². The molecule has 5 rings (SSSR count). The van der Waals surface area contributed by atoms with Gasteiger partial charge in [-0.25, -0.2) is 9.78 Å². The molecule has 2 aromatic rings. The van der Waals surface area contributed by atoms with Crippen molar-refractivity contribution in [3.63, 3.8) is 0 Å². The van der Waals surface area contributed by atoms with Gasteiger partial charge in [-0.2, -0.15) is 0 Å². The van der Waals surface area contributed by atoms with Gasteiger partial charge in [0.1, 0.15) is 0 Å². The van der Waals surface area contributed by atoms with E-state index in [1.165, 1.54) is 12.8 Å². The number of amides is 1. The van der Waals surface area contributed by atoms with Crippen LogP contribution in [0.15, 0.2) is 36.5 Å². The largest absolute Gasteiger partial charge is 0.414 e. The molecule has 1 atom stereocenters. The Morgan fingerprint density at radius 1 is 1.23 bits per heavy atom. The number of piperidine rings is 3. The van der Waals surface area contributed by atoms with E-state index >= 15 is 0 Å². The molecule has 0 unspecified atom stereocenters. The molecule has 22 heavy (non-hydrogen) atoms. The number of fused-ring (bicyclic) bond motifs is 4. The highest BCUT2D eigenvalue weighted by Crippen LogP contribution is 2.27. The molecule has 5 nitrogen and oxygen atoms in total. The Labute approximate surface area is 129 Å². The molecule has 2 bridgehead atoms. The average molecular weight is 297 g/mol. The van der Waals surface area contributed by atoms with Gasteiger partial charge in [-0.3, -0.25) is 0 Å². The SMILES string of the molecule is O=C(N[C@H]1CN2CCC1CC2)Oc1cc2ccccc2cn1. The molecule has 5 heteroatoms. The lowest BCUT2D eigenvalue weighted by atomic mass is 9.84. The van der Waals surface area contributed by atoms with Crippen LogP contribution in [0, 0.1) is 5.92 Å². The number of nitrogens with one attached hydrogen (secondary N) is 1. The first-order chi connectivity index (χ1) is 10.8. The maximum Gasteiger partial charge on any atom is 0.414 e. The maximum atomic E-state index is 12.1. The van der Waals surface area contributed by atoms with E-state index in [4.69, 9.17) is 4.74 Å². The number of hydrogen-bond acceptors (Lipinski definition) is 4. The first-order valence-corrected chi connectivity index (χ1v) is 7.83. The zero-order valence-corrected chi connectivity index (χ0v) is 12.4. The number of ether oxygens (including phenoxy) is 1. The van der Waals surface area contributed by atoms with E-state index in [-0.39, 0.29) is 6.04 Å². The van der Waals surface area contributed by atoms with Gasteiger partial charge in [-0.15, -0.1) is 0 Å². The second-order valence-electron chi connectivity index (χ2n) is 6.15. The monoisotopic (exact) mass is 297 g/mol. The molecular weight excluding hydrogens is 278 g/mol. The number of rotatable bonds is 2. The third-order valence-corrected chi connectivity index (χ3v) is 4.76. The number of pyridine rings is 1. The summed E-state index contributed by atoms with van der Waals surface area (Å²) in [5.74, 6) is 0.930. The summed E-state index contributed by atoms with van der Waals surface area (Å²) < 4.78 is 5.35. The van der Waals surface area contributed by atoms with Crippen LogP contribution in [0.25, 0.3) is 10.8 Å². The quantitative estimate of drug-likeness (QED) is 0.925. The van der Waals surface area contributed by atoms with E-state index < -0.39 is 6.09 Å². The Balaban J connectivity index is 1.42. The number of aromatic nitrogens is 1. The molecule has 0 spiro atoms. The molecule has 1 aromatic carbocycles. The van der Waals surface area contributed by atoms with Crippen molar-refractivity contribution >= 4 is 16.9 Å². The molecule has 1 amide bonds. The van der Waals surface area contributed by atoms with Gasteiger partial charge in [0.15, 0.2) is 0 Å². The number of hydrogen-bond donors (Lipinski definition) is 1. The van der Waals surface area contributed by atoms with Gasteiger partial charge >= 0.3 is 6.09 Å². The highest BCUT2D eigenvalue weighted by atomic mass is 16.6. The zero-order chi connectivity index (χ0) is 14.9. The van der Waals surface area contributed by atoms with E-state index in [1.807, 2.05) is 24.3 Å². The van der Waals surface area contributed by atoms with Crippen molar-refractivity contribution in [1.29, 1.82) is 0 Å². The second kappa shape index (κ2) is 5.57. The standard InChI is InChI=1S/C17H19N3O2/c21-17(19-15-11-20-7-5-12(15)6-8-20)22-16-9-13-3-1-2-4-14(13)10-18-16/h1-4,9-10,12,15H,5-8,11H2,(H,19,21)/t15-/m0/s1. The van der Waals surface area contributed by atoms with Crippen LogP contribution in [-0.4, -0.2) is 41.7 Å². The first-order valence-electron chi connectivity index (χ1n) is 7.83. The fraction of sp³-hybridized carbons (Fsp3) is 0.412. The van der Waals surface area contributed by atoms with E-state index in [1.54, 1.807) is 12.3 Å². The lowest BCUT2D eigenvalue weighted by Crippen LogP contribution is -2.57. The summed E-state index contributed by atoms with van der Waals surface area (Å²) in [4.78, 5) is 18.7. The Bertz CT molecular complexity index is 695. The fourth-order valence-electron chi connectivity index (χ4n) is 3.52. The highest BCUT2D eigenvalue weighted by molar-refractivity contribution is 5.83. The van der Waals surface area contributed by atoms with Crippen molar-refractivity contribution in [1.82, 2.24) is 15.2 Å². The third kappa shape index (κ3) is 2.64. The van der Waals surface area contributed by atoms with E-state index in [0.717, 1.165) is 30.4 Å². The van der Waals surface area contributed by atoms with Crippen LogP contribution in [0.1, 0.15) is 12.8 Å². The second-order valence-corrected chi connectivity index (χ2v) is 6.15. The number of nitrogens with zero attached hydrogens (tertiary/aromatic N) is 2. The summed E-state index contributed by atoms with van der Waals surface area (Å²) in [5, 5.41) is 5.06. The molecule has 3 fully saturated rings. The minimum absolute atomic E-state index is 0.204. The molecule has 4 heterocycles. The summed E-state index contributed by atoms with van der Waals surface area (Å²) in [6.45, 7) is 3.25. The van der Waals surface area contributed by atoms with Gasteiger partial charge < -0.3 is 15.0 Å². The van der Waals surface area contributed by atoms with Crippen molar-refractivity contribution in [3.05, 3.63) is 36.5 Å². The van der Waals surface area contributed by atoms with Crippen LogP contribution in [0.3, 0.4) is 0 Å². The molecule has 3 aliphatic rings. The third-order valence-electron chi connectivity index (χ3n) is 4.76. The van der Waals surface area contributed by atoms with Gasteiger partial charge in [-0.05, 0) is 37.2 Å². The minimum atomic E-state index is -0.401. The molecule has 3 aliphatic heterocycles. The topological polar surface area (TPSA) is 54.5 Å². The van der Waals surface area contributed by atoms with Crippen molar-refractivity contribution in [2.24, 2.45) is 5.92 Å². The van der Waals surface area contributed by atoms with Crippen LogP contribution >= 0.6 is 0 Å². The Hall–Kier alpha value is -2.14. The number of benzene rings is 1. The van der Waals surface area contributed by atoms with Crippen LogP contribution in [0.4, 0.5) is 4.79 Å². The Morgan fingerprint density at radius 3 is 2.73 bits per heavy atom. The predicted octanol–water partition coefficient (Wildman–Crippen LogP) is 2.42. The molecule has 1 aromatic heterocycles. The van der Waals surface area contributed by atoms with Gasteiger partial charge in [0.05, 0.1) is 0 Å². The summed E-state index contributed by atoms with van der Waals surface area (Å²) in [5.41, 5.74) is 0. The average Bonchev–Trinajstić information content (AvgIpc) is 2.56. The molecular formula is C17H19N3O2. The summed E-state index contributed by atoms with van der Waals surface area (Å²) >= 11 is 0. The normalized spacial score (nSPS) is 26.8. The number of carbonyl (C=O) groups is 1. The molecule has 0 saturated carbocycles. The van der Waals surface area contributed by atoms with E-state index in [9.17, 15) is 4.79 Å². The van der Waals surface area contributed by atoms with Gasteiger partial charge in [-0.1, -0.05) is 24.3 Å². The molecule has 1 N–H and O–H groups in total. The van der Waals surface area contributed by atoms with Crippen molar-refractivity contribution < 1.29 is 9.53 Å². The summed E-state index contributed by atoms with van der Waals surface area (Å²) in [7, 11) is 0. The zero-order valence-electron chi connectivity index (χ0n) is 12.4. The molecule has 0 radical (unpaired) electrons. The fourth-order valence-corrected chi connectivity index (χ4v) is 3.52. The van der Waals surface area contributed by atoms with Crippen LogP contribution in [0.2, 0.25) is 0 Å². The van der Waals surface area contributed by atoms with Gasteiger partial charge in [0.25, 0.3) is 0 Å². The molecule has 0 aliphatic carbocycles. The van der Waals surface area contributed by atoms with Gasteiger partial charge in [0.2, 0.25) is 5.88 Å². The van der Waals surface area contributed by atoms with Crippen molar-refractivity contribution in [2.45, 2.75) is 18.9 Å². The Morgan fingerprint density at radius 2 is 2.00 bits per heavy atom. The lowest BCUT2D eigenvalue weighted by molar-refractivity contribution is 0.0723. The van der Waals surface area contributed by atoms with Crippen molar-refractivity contribution in [2.75, 3.05) is 19.6 Å². The van der Waals surface area contributed by atoms with Crippen LogP contribution in [0.5, 0.6) is 5.88 Å². The molecule has 114 valence electrons. The van der Waals surface area contributed by atoms with Gasteiger partial charge in [0, 0.05) is 30.2 Å². The Kier molecular flexibility index (Phi) is 3.42. The lowest BCUT2D eigenvalue weighted by Gasteiger charge is -2.44. The number of carbonyl (C=O) groups excluding carboxylic acids is 1. The first kappa shape index (κ1) is 13.5. The van der Waals surface area contributed by atoms with E-state index in [0.29, 0.717) is 11.8 Å². The van der Waals surface area contributed by atoms with E-state index in [2.05, 4.69) is 15.2 Å². The summed E-state index contributed by atoms with van der Waals surface area (Å²) in [6.07, 6.45) is 3.66. The van der Waals surface area contributed by atoms with Crippen LogP contribution < -0.4 is 10.1 Å². The van der Waals surface area contributed by atoms with Crippen molar-refractivity contribution in [3.8, 4) is 5.88 Å². The summed E-state index contributed by atoms with van der Waals surface area (Å²) in [6, 6.07) is 9.89. The minimum Gasteiger partial charge on any atom is -0.391 e. The predicted molar refractivity (Wildman–Crippen MR) is 83.9 cm³/mol. The maximum absolute atomic E-state index is 12.1. The molecule has 3 saturated heterocycles. The highest BCUT2D eigenvalue weighted by Gasteiger charge is 2.35.